The molecule has 0 aromatic heterocycles. The van der Waals surface area contributed by atoms with E-state index in [9.17, 15) is 5.11 Å². The van der Waals surface area contributed by atoms with E-state index < -0.39 is 11.9 Å². The second-order valence-corrected chi connectivity index (χ2v) is 4.17. The van der Waals surface area contributed by atoms with E-state index in [1.807, 2.05) is 32.0 Å². The van der Waals surface area contributed by atoms with Crippen molar-refractivity contribution in [2.75, 3.05) is 0 Å². The van der Waals surface area contributed by atoms with Gasteiger partial charge in [-0.05, 0) is 24.6 Å². The Morgan fingerprint density at radius 2 is 2.20 bits per heavy atom. The van der Waals surface area contributed by atoms with Crippen LogP contribution in [0.4, 0.5) is 0 Å². The van der Waals surface area contributed by atoms with Crippen molar-refractivity contribution in [1.29, 1.82) is 0 Å². The number of fused-ring (bicyclic) bond motifs is 1. The molecule has 0 saturated carbocycles. The summed E-state index contributed by atoms with van der Waals surface area (Å²) in [6.07, 6.45) is -0.703. The van der Waals surface area contributed by atoms with Crippen molar-refractivity contribution in [2.24, 2.45) is 0 Å². The summed E-state index contributed by atoms with van der Waals surface area (Å²) in [6, 6.07) is 5.53. The van der Waals surface area contributed by atoms with Gasteiger partial charge in [0.1, 0.15) is 5.75 Å². The summed E-state index contributed by atoms with van der Waals surface area (Å²) in [7, 11) is 0. The molecule has 3 nitrogen and oxygen atoms in total. The van der Waals surface area contributed by atoms with Crippen LogP contribution in [0.5, 0.6) is 5.75 Å². The van der Waals surface area contributed by atoms with Crippen molar-refractivity contribution in [3.8, 4) is 5.75 Å². The van der Waals surface area contributed by atoms with Crippen molar-refractivity contribution >= 4 is 0 Å². The minimum Gasteiger partial charge on any atom is -0.463 e. The highest BCUT2D eigenvalue weighted by molar-refractivity contribution is 5.39. The quantitative estimate of drug-likeness (QED) is 0.767. The summed E-state index contributed by atoms with van der Waals surface area (Å²) in [5.41, 5.74) is 1.73. The molecule has 15 heavy (non-hydrogen) atoms. The largest absolute Gasteiger partial charge is 0.463 e. The first kappa shape index (κ1) is 10.5. The zero-order valence-electron chi connectivity index (χ0n) is 8.99. The summed E-state index contributed by atoms with van der Waals surface area (Å²) < 4.78 is 11.1. The molecule has 1 aliphatic rings. The maximum atomic E-state index is 9.34. The molecular formula is C12H15O3. The third kappa shape index (κ3) is 2.13. The molecular weight excluding hydrogens is 192 g/mol. The van der Waals surface area contributed by atoms with Crippen molar-refractivity contribution in [3.63, 3.8) is 0 Å². The van der Waals surface area contributed by atoms with Gasteiger partial charge in [0.15, 0.2) is 0 Å². The highest BCUT2D eigenvalue weighted by Crippen LogP contribution is 2.32. The second kappa shape index (κ2) is 3.51. The fourth-order valence-electron chi connectivity index (χ4n) is 1.56. The van der Waals surface area contributed by atoms with Crippen molar-refractivity contribution < 1.29 is 14.6 Å². The van der Waals surface area contributed by atoms with E-state index in [1.165, 1.54) is 0 Å². The predicted octanol–water partition coefficient (Wildman–Crippen LogP) is 2.20. The van der Waals surface area contributed by atoms with Gasteiger partial charge in [-0.15, -0.1) is 0 Å². The molecule has 2 rings (SSSR count). The van der Waals surface area contributed by atoms with Crippen LogP contribution in [0.15, 0.2) is 18.2 Å². The molecule has 81 valence electrons. The van der Waals surface area contributed by atoms with E-state index in [0.717, 1.165) is 16.9 Å². The molecule has 1 aromatic carbocycles. The number of hydrogen-bond acceptors (Lipinski definition) is 3. The standard InChI is InChI=1S/C12H15O3/c1-8(13)9-4-5-11-10(6-9)7-14-12(2,3)15-11/h4-6,8,13H,1,7H2,2-3H3/t8-/m1/s1. The molecule has 0 fully saturated rings. The summed E-state index contributed by atoms with van der Waals surface area (Å²) in [5, 5.41) is 9.34. The molecule has 0 bridgehead atoms. The molecule has 0 unspecified atom stereocenters. The van der Waals surface area contributed by atoms with Gasteiger partial charge >= 0.3 is 0 Å². The van der Waals surface area contributed by atoms with Crippen LogP contribution in [-0.4, -0.2) is 10.9 Å². The zero-order valence-corrected chi connectivity index (χ0v) is 8.99. The smallest absolute Gasteiger partial charge is 0.205 e. The summed E-state index contributed by atoms with van der Waals surface area (Å²) in [5.74, 6) is 0.244. The minimum absolute atomic E-state index is 0.503. The Bertz CT molecular complexity index is 369. The highest BCUT2D eigenvalue weighted by Gasteiger charge is 2.27. The Morgan fingerprint density at radius 1 is 1.47 bits per heavy atom. The molecule has 0 saturated heterocycles. The van der Waals surface area contributed by atoms with E-state index in [2.05, 4.69) is 6.92 Å². The van der Waals surface area contributed by atoms with Crippen LogP contribution >= 0.6 is 0 Å². The summed E-state index contributed by atoms with van der Waals surface area (Å²) >= 11 is 0. The Balaban J connectivity index is 2.32. The van der Waals surface area contributed by atoms with Crippen molar-refractivity contribution in [1.82, 2.24) is 0 Å². The van der Waals surface area contributed by atoms with Crippen molar-refractivity contribution in [2.45, 2.75) is 32.3 Å². The number of hydrogen-bond donors (Lipinski definition) is 1. The zero-order chi connectivity index (χ0) is 11.1. The molecule has 3 heteroatoms. The Labute approximate surface area is 89.6 Å². The van der Waals surface area contributed by atoms with E-state index in [0.29, 0.717) is 6.61 Å². The fraction of sp³-hybridized carbons (Fsp3) is 0.417. The number of aliphatic hydroxyl groups excluding tert-OH is 1. The third-order valence-corrected chi connectivity index (χ3v) is 2.40. The van der Waals surface area contributed by atoms with Gasteiger partial charge in [-0.25, -0.2) is 0 Å². The number of rotatable bonds is 1. The van der Waals surface area contributed by atoms with E-state index in [-0.39, 0.29) is 0 Å². The van der Waals surface area contributed by atoms with Crippen molar-refractivity contribution in [3.05, 3.63) is 36.2 Å². The SMILES string of the molecule is [CH2][C@@H](O)c1ccc2c(c1)COC(C)(C)O2. The lowest BCUT2D eigenvalue weighted by atomic mass is 10.1. The van der Waals surface area contributed by atoms with Gasteiger partial charge in [0.25, 0.3) is 0 Å². The first-order valence-corrected chi connectivity index (χ1v) is 4.95. The van der Waals surface area contributed by atoms with Crippen LogP contribution in [-0.2, 0) is 11.3 Å². The number of benzene rings is 1. The number of ether oxygens (including phenoxy) is 2. The highest BCUT2D eigenvalue weighted by atomic mass is 16.7. The second-order valence-electron chi connectivity index (χ2n) is 4.17. The predicted molar refractivity (Wildman–Crippen MR) is 56.3 cm³/mol. The molecule has 1 N–H and O–H groups in total. The summed E-state index contributed by atoms with van der Waals surface area (Å²) in [4.78, 5) is 0. The molecule has 0 spiro atoms. The van der Waals surface area contributed by atoms with Gasteiger partial charge < -0.3 is 14.6 Å². The van der Waals surface area contributed by atoms with E-state index >= 15 is 0 Å². The maximum absolute atomic E-state index is 9.34. The minimum atomic E-state index is -0.703. The Morgan fingerprint density at radius 3 is 2.87 bits per heavy atom. The van der Waals surface area contributed by atoms with Crippen LogP contribution in [0.3, 0.4) is 0 Å². The van der Waals surface area contributed by atoms with Crippen LogP contribution in [0, 0.1) is 6.92 Å². The molecule has 0 amide bonds. The monoisotopic (exact) mass is 207 g/mol. The Hall–Kier alpha value is -1.06. The first-order valence-electron chi connectivity index (χ1n) is 4.95. The van der Waals surface area contributed by atoms with Crippen LogP contribution < -0.4 is 4.74 Å². The number of aliphatic hydroxyl groups is 1. The van der Waals surface area contributed by atoms with E-state index in [1.54, 1.807) is 0 Å². The molecule has 0 aliphatic carbocycles. The molecule has 1 aliphatic heterocycles. The maximum Gasteiger partial charge on any atom is 0.205 e. The third-order valence-electron chi connectivity index (χ3n) is 2.40. The summed E-state index contributed by atoms with van der Waals surface area (Å²) in [6.45, 7) is 7.81. The lowest BCUT2D eigenvalue weighted by Gasteiger charge is -2.32. The van der Waals surface area contributed by atoms with Gasteiger partial charge in [-0.3, -0.25) is 0 Å². The topological polar surface area (TPSA) is 38.7 Å². The normalized spacial score (nSPS) is 20.3. The average molecular weight is 207 g/mol. The first-order chi connectivity index (χ1) is 6.98. The fourth-order valence-corrected chi connectivity index (χ4v) is 1.56. The lowest BCUT2D eigenvalue weighted by molar-refractivity contribution is -0.180. The lowest BCUT2D eigenvalue weighted by Crippen LogP contribution is -2.35. The van der Waals surface area contributed by atoms with Gasteiger partial charge in [0.2, 0.25) is 5.79 Å². The molecule has 1 heterocycles. The van der Waals surface area contributed by atoms with Crippen LogP contribution in [0.25, 0.3) is 0 Å². The molecule has 1 aromatic rings. The van der Waals surface area contributed by atoms with E-state index in [4.69, 9.17) is 9.47 Å². The van der Waals surface area contributed by atoms with Gasteiger partial charge in [-0.2, -0.15) is 0 Å². The van der Waals surface area contributed by atoms with Gasteiger partial charge in [0.05, 0.1) is 12.7 Å². The molecule has 1 atom stereocenters. The molecule has 1 radical (unpaired) electrons. The van der Waals surface area contributed by atoms with Gasteiger partial charge in [-0.1, -0.05) is 6.07 Å². The van der Waals surface area contributed by atoms with Gasteiger partial charge in [0, 0.05) is 19.4 Å². The van der Waals surface area contributed by atoms with Crippen LogP contribution in [0.1, 0.15) is 31.1 Å². The average Bonchev–Trinajstić information content (AvgIpc) is 2.15. The Kier molecular flexibility index (Phi) is 2.44. The van der Waals surface area contributed by atoms with Crippen LogP contribution in [0.2, 0.25) is 0 Å².